The summed E-state index contributed by atoms with van der Waals surface area (Å²) < 4.78 is 5.39. The predicted molar refractivity (Wildman–Crippen MR) is 122 cm³/mol. The van der Waals surface area contributed by atoms with Crippen LogP contribution >= 0.6 is 0 Å². The van der Waals surface area contributed by atoms with Crippen molar-refractivity contribution in [1.29, 1.82) is 0 Å². The minimum absolute atomic E-state index is 0.121. The Morgan fingerprint density at radius 1 is 0.912 bits per heavy atom. The number of anilines is 1. The molecule has 0 saturated carbocycles. The van der Waals surface area contributed by atoms with Crippen molar-refractivity contribution in [2.45, 2.75) is 0 Å². The Morgan fingerprint density at radius 3 is 2.24 bits per heavy atom. The van der Waals surface area contributed by atoms with Gasteiger partial charge in [0.05, 0.1) is 16.1 Å². The molecule has 0 atom stereocenters. The van der Waals surface area contributed by atoms with E-state index < -0.39 is 21.7 Å². The van der Waals surface area contributed by atoms with Crippen molar-refractivity contribution >= 4 is 35.1 Å². The van der Waals surface area contributed by atoms with E-state index in [0.717, 1.165) is 0 Å². The smallest absolute Gasteiger partial charge is 0.271 e. The number of nitro benzene ring substituents is 2. The predicted octanol–water partition coefficient (Wildman–Crippen LogP) is 3.28. The number of rotatable bonds is 9. The van der Waals surface area contributed by atoms with Crippen LogP contribution < -0.4 is 15.5 Å². The van der Waals surface area contributed by atoms with E-state index >= 15 is 0 Å². The van der Waals surface area contributed by atoms with Gasteiger partial charge in [0.15, 0.2) is 6.61 Å². The Balaban J connectivity index is 1.47. The van der Waals surface area contributed by atoms with Gasteiger partial charge in [-0.15, -0.1) is 0 Å². The van der Waals surface area contributed by atoms with E-state index in [4.69, 9.17) is 4.74 Å². The second-order valence-corrected chi connectivity index (χ2v) is 6.72. The number of hydrazone groups is 1. The van der Waals surface area contributed by atoms with E-state index in [1.807, 2.05) is 0 Å². The van der Waals surface area contributed by atoms with Crippen LogP contribution in [-0.2, 0) is 4.79 Å². The van der Waals surface area contributed by atoms with Gasteiger partial charge in [0.1, 0.15) is 5.75 Å². The van der Waals surface area contributed by atoms with Crippen LogP contribution in [-0.4, -0.2) is 34.5 Å². The minimum Gasteiger partial charge on any atom is -0.484 e. The van der Waals surface area contributed by atoms with Crippen LogP contribution in [0.4, 0.5) is 17.1 Å². The molecule has 12 heteroatoms. The highest BCUT2D eigenvalue weighted by Crippen LogP contribution is 2.17. The van der Waals surface area contributed by atoms with Crippen molar-refractivity contribution in [2.24, 2.45) is 5.10 Å². The van der Waals surface area contributed by atoms with Gasteiger partial charge in [-0.2, -0.15) is 5.10 Å². The Morgan fingerprint density at radius 2 is 1.59 bits per heavy atom. The highest BCUT2D eigenvalue weighted by Gasteiger charge is 2.10. The van der Waals surface area contributed by atoms with Gasteiger partial charge in [-0.25, -0.2) is 5.43 Å². The monoisotopic (exact) mass is 463 g/mol. The molecule has 0 unspecified atom stereocenters. The normalized spacial score (nSPS) is 10.5. The zero-order valence-electron chi connectivity index (χ0n) is 17.4. The van der Waals surface area contributed by atoms with Crippen molar-refractivity contribution in [3.05, 3.63) is 104 Å². The number of non-ortho nitro benzene ring substituents is 2. The zero-order chi connectivity index (χ0) is 24.5. The van der Waals surface area contributed by atoms with Gasteiger partial charge in [0, 0.05) is 35.5 Å². The number of amides is 2. The molecule has 3 aromatic carbocycles. The van der Waals surface area contributed by atoms with Gasteiger partial charge in [-0.3, -0.25) is 29.8 Å². The first-order chi connectivity index (χ1) is 16.3. The SMILES string of the molecule is O=C(COc1ccc(C=NNC(=O)c2ccc([N+](=O)[O-])cc2)cc1)Nc1cccc([N+](=O)[O-])c1. The average Bonchev–Trinajstić information content (AvgIpc) is 2.83. The van der Waals surface area contributed by atoms with Gasteiger partial charge >= 0.3 is 0 Å². The van der Waals surface area contributed by atoms with E-state index in [9.17, 15) is 29.8 Å². The van der Waals surface area contributed by atoms with Crippen LogP contribution in [0.5, 0.6) is 5.75 Å². The summed E-state index contributed by atoms with van der Waals surface area (Å²) in [4.78, 5) is 44.3. The fourth-order valence-corrected chi connectivity index (χ4v) is 2.66. The van der Waals surface area contributed by atoms with Crippen LogP contribution in [0.2, 0.25) is 0 Å². The second-order valence-electron chi connectivity index (χ2n) is 6.72. The molecule has 0 fully saturated rings. The molecule has 0 aliphatic carbocycles. The number of nitrogens with one attached hydrogen (secondary N) is 2. The Kier molecular flexibility index (Phi) is 7.58. The minimum atomic E-state index is -0.559. The molecular weight excluding hydrogens is 446 g/mol. The number of carbonyl (C=O) groups is 2. The maximum absolute atomic E-state index is 12.0. The molecule has 0 aromatic heterocycles. The first-order valence-electron chi connectivity index (χ1n) is 9.67. The lowest BCUT2D eigenvalue weighted by Crippen LogP contribution is -2.20. The molecule has 2 amide bonds. The molecule has 2 N–H and O–H groups in total. The maximum Gasteiger partial charge on any atom is 0.271 e. The van der Waals surface area contributed by atoms with Crippen LogP contribution in [0.25, 0.3) is 0 Å². The molecule has 0 bridgehead atoms. The van der Waals surface area contributed by atoms with E-state index in [1.165, 1.54) is 54.7 Å². The Hall–Kier alpha value is -5.13. The lowest BCUT2D eigenvalue weighted by atomic mass is 10.2. The third-order valence-corrected chi connectivity index (χ3v) is 4.31. The van der Waals surface area contributed by atoms with Gasteiger partial charge < -0.3 is 10.1 Å². The van der Waals surface area contributed by atoms with Crippen LogP contribution in [0.15, 0.2) is 77.9 Å². The van der Waals surface area contributed by atoms with E-state index in [1.54, 1.807) is 24.3 Å². The van der Waals surface area contributed by atoms with Crippen LogP contribution in [0, 0.1) is 20.2 Å². The number of benzene rings is 3. The Labute approximate surface area is 192 Å². The molecule has 172 valence electrons. The van der Waals surface area contributed by atoms with Crippen molar-refractivity contribution in [2.75, 3.05) is 11.9 Å². The standard InChI is InChI=1S/C22H17N5O7/c28-21(24-17-2-1-3-19(12-17)27(32)33)14-34-20-10-4-15(5-11-20)13-23-25-22(29)16-6-8-18(9-7-16)26(30)31/h1-13H,14H2,(H,24,28)(H,25,29). The van der Waals surface area contributed by atoms with Crippen molar-refractivity contribution in [3.63, 3.8) is 0 Å². The molecule has 0 aliphatic rings. The van der Waals surface area contributed by atoms with Gasteiger partial charge in [0.25, 0.3) is 23.2 Å². The van der Waals surface area contributed by atoms with E-state index in [2.05, 4.69) is 15.8 Å². The fraction of sp³-hybridized carbons (Fsp3) is 0.0455. The van der Waals surface area contributed by atoms with Crippen LogP contribution in [0.1, 0.15) is 15.9 Å². The first-order valence-corrected chi connectivity index (χ1v) is 9.67. The summed E-state index contributed by atoms with van der Waals surface area (Å²) in [6.45, 7) is -0.304. The number of nitrogens with zero attached hydrogens (tertiary/aromatic N) is 3. The molecule has 0 radical (unpaired) electrons. The highest BCUT2D eigenvalue weighted by atomic mass is 16.6. The lowest BCUT2D eigenvalue weighted by molar-refractivity contribution is -0.385. The zero-order valence-corrected chi connectivity index (χ0v) is 17.4. The van der Waals surface area contributed by atoms with Gasteiger partial charge in [-0.1, -0.05) is 6.07 Å². The van der Waals surface area contributed by atoms with E-state index in [0.29, 0.717) is 11.3 Å². The van der Waals surface area contributed by atoms with Crippen molar-refractivity contribution in [1.82, 2.24) is 5.43 Å². The third kappa shape index (κ3) is 6.68. The second kappa shape index (κ2) is 10.9. The summed E-state index contributed by atoms with van der Waals surface area (Å²) in [5, 5.41) is 27.8. The number of hydrogen-bond acceptors (Lipinski definition) is 8. The third-order valence-electron chi connectivity index (χ3n) is 4.31. The number of ether oxygens (including phenoxy) is 1. The largest absolute Gasteiger partial charge is 0.484 e. The number of nitro groups is 2. The Bertz CT molecular complexity index is 1240. The summed E-state index contributed by atoms with van der Waals surface area (Å²) in [5.74, 6) is -0.609. The average molecular weight is 463 g/mol. The molecular formula is C22H17N5O7. The molecule has 34 heavy (non-hydrogen) atoms. The molecule has 0 saturated heterocycles. The number of hydrogen-bond donors (Lipinski definition) is 2. The molecule has 0 spiro atoms. The summed E-state index contributed by atoms with van der Waals surface area (Å²) >= 11 is 0. The summed E-state index contributed by atoms with van der Waals surface area (Å²) in [6.07, 6.45) is 1.39. The summed E-state index contributed by atoms with van der Waals surface area (Å²) in [5.41, 5.74) is 3.20. The number of carbonyl (C=O) groups excluding carboxylic acids is 2. The molecule has 3 aromatic rings. The van der Waals surface area contributed by atoms with Crippen molar-refractivity contribution < 1.29 is 24.2 Å². The fourth-order valence-electron chi connectivity index (χ4n) is 2.66. The van der Waals surface area contributed by atoms with Gasteiger partial charge in [0.2, 0.25) is 0 Å². The molecule has 12 nitrogen and oxygen atoms in total. The lowest BCUT2D eigenvalue weighted by Gasteiger charge is -2.07. The van der Waals surface area contributed by atoms with Gasteiger partial charge in [-0.05, 0) is 48.0 Å². The van der Waals surface area contributed by atoms with E-state index in [-0.39, 0.29) is 29.2 Å². The molecule has 0 heterocycles. The quantitative estimate of drug-likeness (QED) is 0.279. The van der Waals surface area contributed by atoms with Crippen LogP contribution in [0.3, 0.4) is 0 Å². The topological polar surface area (TPSA) is 166 Å². The first kappa shape index (κ1) is 23.5. The van der Waals surface area contributed by atoms with Crippen molar-refractivity contribution in [3.8, 4) is 5.75 Å². The summed E-state index contributed by atoms with van der Waals surface area (Å²) in [6, 6.07) is 17.1. The summed E-state index contributed by atoms with van der Waals surface area (Å²) in [7, 11) is 0. The highest BCUT2D eigenvalue weighted by molar-refractivity contribution is 5.95. The molecule has 3 rings (SSSR count). The molecule has 0 aliphatic heterocycles. The maximum atomic E-state index is 12.0.